The molecule has 152 valence electrons. The van der Waals surface area contributed by atoms with E-state index in [0.717, 1.165) is 58.3 Å². The van der Waals surface area contributed by atoms with E-state index in [-0.39, 0.29) is 24.2 Å². The van der Waals surface area contributed by atoms with Gasteiger partial charge in [0.25, 0.3) is 5.91 Å². The molecule has 1 aromatic rings. The van der Waals surface area contributed by atoms with E-state index < -0.39 is 5.54 Å². The van der Waals surface area contributed by atoms with Crippen molar-refractivity contribution < 1.29 is 9.59 Å². The fraction of sp³-hybridized carbons (Fsp3) is 0.737. The zero-order valence-corrected chi connectivity index (χ0v) is 17.0. The Labute approximate surface area is 167 Å². The quantitative estimate of drug-likeness (QED) is 0.763. The Bertz CT molecular complexity index is 601. The van der Waals surface area contributed by atoms with E-state index in [1.54, 1.807) is 6.20 Å². The molecular weight excluding hydrogens is 366 g/mol. The van der Waals surface area contributed by atoms with Crippen LogP contribution in [-0.4, -0.2) is 59.2 Å². The van der Waals surface area contributed by atoms with E-state index >= 15 is 0 Å². The number of carbonyl (C=O) groups excluding carboxylic acids is 2. The summed E-state index contributed by atoms with van der Waals surface area (Å²) in [5.41, 5.74) is -0.567. The maximum atomic E-state index is 13.5. The Morgan fingerprint density at radius 2 is 2.11 bits per heavy atom. The normalized spacial score (nSPS) is 22.0. The number of hydrogen-bond acceptors (Lipinski definition) is 4. The Morgan fingerprint density at radius 3 is 2.78 bits per heavy atom. The molecule has 0 aromatic carbocycles. The molecule has 1 atom stereocenters. The first-order chi connectivity index (χ1) is 12.7. The van der Waals surface area contributed by atoms with Gasteiger partial charge in [-0.25, -0.2) is 0 Å². The Hall–Kier alpha value is -1.60. The van der Waals surface area contributed by atoms with Crippen molar-refractivity contribution in [3.63, 3.8) is 0 Å². The number of piperidine rings is 2. The van der Waals surface area contributed by atoms with Gasteiger partial charge in [0, 0.05) is 38.4 Å². The fourth-order valence-corrected chi connectivity index (χ4v) is 4.19. The maximum Gasteiger partial charge on any atom is 0.250 e. The van der Waals surface area contributed by atoms with Crippen LogP contribution >= 0.6 is 12.4 Å². The van der Waals surface area contributed by atoms with Crippen molar-refractivity contribution in [3.05, 3.63) is 18.5 Å². The summed E-state index contributed by atoms with van der Waals surface area (Å²) >= 11 is 0. The number of likely N-dealkylation sites (tertiary alicyclic amines) is 1. The summed E-state index contributed by atoms with van der Waals surface area (Å²) < 4.78 is 1.86. The minimum atomic E-state index is -0.567. The van der Waals surface area contributed by atoms with Crippen molar-refractivity contribution in [3.8, 4) is 0 Å². The van der Waals surface area contributed by atoms with E-state index in [0.29, 0.717) is 18.9 Å². The number of rotatable bonds is 6. The second-order valence-electron chi connectivity index (χ2n) is 7.55. The Balaban J connectivity index is 0.00000261. The summed E-state index contributed by atoms with van der Waals surface area (Å²) in [5, 5.41) is 10.8. The van der Waals surface area contributed by atoms with Gasteiger partial charge < -0.3 is 15.5 Å². The zero-order chi connectivity index (χ0) is 18.4. The SMILES string of the molecule is CCCC(=O)NCC1CCCN(C(=O)C2(n3cccn3)CCNCC2)C1.Cl. The summed E-state index contributed by atoms with van der Waals surface area (Å²) in [7, 11) is 0. The molecule has 0 radical (unpaired) electrons. The van der Waals surface area contributed by atoms with Crippen LogP contribution < -0.4 is 10.6 Å². The van der Waals surface area contributed by atoms with Gasteiger partial charge in [-0.15, -0.1) is 12.4 Å². The number of nitrogens with zero attached hydrogens (tertiary/aromatic N) is 3. The lowest BCUT2D eigenvalue weighted by Crippen LogP contribution is -2.57. The first kappa shape index (κ1) is 21.7. The number of nitrogens with one attached hydrogen (secondary N) is 2. The molecule has 3 rings (SSSR count). The molecule has 7 nitrogen and oxygen atoms in total. The molecule has 0 saturated carbocycles. The number of halogens is 1. The zero-order valence-electron chi connectivity index (χ0n) is 16.2. The lowest BCUT2D eigenvalue weighted by Gasteiger charge is -2.42. The molecule has 8 heteroatoms. The van der Waals surface area contributed by atoms with E-state index in [4.69, 9.17) is 0 Å². The highest BCUT2D eigenvalue weighted by molar-refractivity contribution is 5.85. The second-order valence-corrected chi connectivity index (χ2v) is 7.55. The lowest BCUT2D eigenvalue weighted by molar-refractivity contribution is -0.145. The fourth-order valence-electron chi connectivity index (χ4n) is 4.19. The molecule has 2 saturated heterocycles. The standard InChI is InChI=1S/C19H31N5O2.ClH/c1-2-5-17(25)21-14-16-6-3-12-23(15-16)18(26)19(7-10-20-11-8-19)24-13-4-9-22-24;/h4,9,13,16,20H,2-3,5-8,10-12,14-15H2,1H3,(H,21,25);1H. The smallest absolute Gasteiger partial charge is 0.250 e. The van der Waals surface area contributed by atoms with Crippen LogP contribution in [0.3, 0.4) is 0 Å². The van der Waals surface area contributed by atoms with Gasteiger partial charge in [0.1, 0.15) is 5.54 Å². The molecule has 2 amide bonds. The molecule has 1 unspecified atom stereocenters. The predicted octanol–water partition coefficient (Wildman–Crippen LogP) is 1.54. The first-order valence-electron chi connectivity index (χ1n) is 9.92. The number of hydrogen-bond donors (Lipinski definition) is 2. The highest BCUT2D eigenvalue weighted by atomic mass is 35.5. The molecule has 0 bridgehead atoms. The van der Waals surface area contributed by atoms with Crippen LogP contribution in [0, 0.1) is 5.92 Å². The van der Waals surface area contributed by atoms with Gasteiger partial charge in [0.15, 0.2) is 0 Å². The Kier molecular flexibility index (Phi) is 8.10. The van der Waals surface area contributed by atoms with Crippen LogP contribution in [0.15, 0.2) is 18.5 Å². The average Bonchev–Trinajstić information content (AvgIpc) is 3.22. The van der Waals surface area contributed by atoms with Crippen LogP contribution in [0.1, 0.15) is 45.4 Å². The van der Waals surface area contributed by atoms with E-state index in [1.807, 2.05) is 28.8 Å². The number of amides is 2. The molecule has 2 fully saturated rings. The van der Waals surface area contributed by atoms with Crippen molar-refractivity contribution >= 4 is 24.2 Å². The van der Waals surface area contributed by atoms with Crippen LogP contribution in [0.25, 0.3) is 0 Å². The second kappa shape index (κ2) is 10.1. The van der Waals surface area contributed by atoms with E-state index in [2.05, 4.69) is 15.7 Å². The molecule has 2 aliphatic heterocycles. The molecule has 2 N–H and O–H groups in total. The van der Waals surface area contributed by atoms with Gasteiger partial charge >= 0.3 is 0 Å². The van der Waals surface area contributed by atoms with Crippen molar-refractivity contribution in [2.24, 2.45) is 5.92 Å². The topological polar surface area (TPSA) is 79.3 Å². The third-order valence-electron chi connectivity index (χ3n) is 5.64. The summed E-state index contributed by atoms with van der Waals surface area (Å²) in [5.74, 6) is 0.638. The van der Waals surface area contributed by atoms with Crippen LogP contribution in [0.4, 0.5) is 0 Å². The minimum Gasteiger partial charge on any atom is -0.356 e. The van der Waals surface area contributed by atoms with Crippen LogP contribution in [-0.2, 0) is 15.1 Å². The maximum absolute atomic E-state index is 13.5. The lowest BCUT2D eigenvalue weighted by atomic mass is 9.85. The molecular formula is C19H32ClN5O2. The molecule has 27 heavy (non-hydrogen) atoms. The van der Waals surface area contributed by atoms with Crippen LogP contribution in [0.2, 0.25) is 0 Å². The third kappa shape index (κ3) is 5.02. The molecule has 3 heterocycles. The van der Waals surface area contributed by atoms with E-state index in [1.165, 1.54) is 0 Å². The summed E-state index contributed by atoms with van der Waals surface area (Å²) in [4.78, 5) is 27.3. The monoisotopic (exact) mass is 397 g/mol. The third-order valence-corrected chi connectivity index (χ3v) is 5.64. The summed E-state index contributed by atoms with van der Waals surface area (Å²) in [6.07, 6.45) is 8.69. The average molecular weight is 398 g/mol. The molecule has 2 aliphatic rings. The molecule has 0 spiro atoms. The highest BCUT2D eigenvalue weighted by Gasteiger charge is 2.45. The van der Waals surface area contributed by atoms with Crippen molar-refractivity contribution in [1.82, 2.24) is 25.3 Å². The summed E-state index contributed by atoms with van der Waals surface area (Å²) in [6.45, 7) is 5.86. The van der Waals surface area contributed by atoms with Gasteiger partial charge in [0.2, 0.25) is 5.91 Å². The molecule has 1 aromatic heterocycles. The summed E-state index contributed by atoms with van der Waals surface area (Å²) in [6, 6.07) is 1.89. The van der Waals surface area contributed by atoms with Gasteiger partial charge in [-0.2, -0.15) is 5.10 Å². The highest BCUT2D eigenvalue weighted by Crippen LogP contribution is 2.31. The van der Waals surface area contributed by atoms with Crippen molar-refractivity contribution in [2.75, 3.05) is 32.7 Å². The predicted molar refractivity (Wildman–Crippen MR) is 107 cm³/mol. The Morgan fingerprint density at radius 1 is 1.33 bits per heavy atom. The molecule has 0 aliphatic carbocycles. The van der Waals surface area contributed by atoms with Gasteiger partial charge in [-0.05, 0) is 57.2 Å². The van der Waals surface area contributed by atoms with Gasteiger partial charge in [-0.1, -0.05) is 6.92 Å². The first-order valence-corrected chi connectivity index (χ1v) is 9.92. The number of aromatic nitrogens is 2. The van der Waals surface area contributed by atoms with E-state index in [9.17, 15) is 9.59 Å². The van der Waals surface area contributed by atoms with Gasteiger partial charge in [0.05, 0.1) is 0 Å². The van der Waals surface area contributed by atoms with Gasteiger partial charge in [-0.3, -0.25) is 14.3 Å². The number of carbonyl (C=O) groups is 2. The van der Waals surface area contributed by atoms with Crippen molar-refractivity contribution in [2.45, 2.75) is 51.0 Å². The minimum absolute atomic E-state index is 0. The van der Waals surface area contributed by atoms with Crippen LogP contribution in [0.5, 0.6) is 0 Å². The largest absolute Gasteiger partial charge is 0.356 e. The van der Waals surface area contributed by atoms with Crippen molar-refractivity contribution in [1.29, 1.82) is 0 Å².